The number of benzene rings is 1. The summed E-state index contributed by atoms with van der Waals surface area (Å²) in [5.41, 5.74) is 5.69. The van der Waals surface area contributed by atoms with Crippen LogP contribution in [0.5, 0.6) is 0 Å². The van der Waals surface area contributed by atoms with Gasteiger partial charge in [-0.2, -0.15) is 0 Å². The van der Waals surface area contributed by atoms with E-state index in [-0.39, 0.29) is 10.8 Å². The Hall–Kier alpha value is -1.44. The number of anilines is 1. The molecular formula is C14H21N3O3S. The normalized spacial score (nSPS) is 17.9. The number of nitrogens with one attached hydrogen (secondary N) is 1. The van der Waals surface area contributed by atoms with Gasteiger partial charge >= 0.3 is 0 Å². The van der Waals surface area contributed by atoms with Crippen LogP contribution in [0.4, 0.5) is 5.69 Å². The summed E-state index contributed by atoms with van der Waals surface area (Å²) in [7, 11) is -0.586. The molecule has 1 aromatic carbocycles. The number of nitrogens with two attached hydrogens (primary N) is 1. The van der Waals surface area contributed by atoms with E-state index in [1.807, 2.05) is 0 Å². The summed E-state index contributed by atoms with van der Waals surface area (Å²) >= 11 is 0. The van der Waals surface area contributed by atoms with Crippen molar-refractivity contribution >= 4 is 21.6 Å². The Morgan fingerprint density at radius 2 is 1.90 bits per heavy atom. The molecule has 0 bridgehead atoms. The Bertz CT molecular complexity index is 635. The minimum absolute atomic E-state index is 0.141. The van der Waals surface area contributed by atoms with Gasteiger partial charge in [0.15, 0.2) is 0 Å². The highest BCUT2D eigenvalue weighted by molar-refractivity contribution is 7.89. The molecule has 0 unspecified atom stereocenters. The monoisotopic (exact) mass is 311 g/mol. The third kappa shape index (κ3) is 3.25. The highest BCUT2D eigenvalue weighted by Crippen LogP contribution is 2.28. The van der Waals surface area contributed by atoms with Crippen molar-refractivity contribution in [2.45, 2.75) is 36.1 Å². The summed E-state index contributed by atoms with van der Waals surface area (Å²) in [5, 5.41) is 2.73. The van der Waals surface area contributed by atoms with Crippen molar-refractivity contribution in [3.05, 3.63) is 24.3 Å². The van der Waals surface area contributed by atoms with E-state index >= 15 is 0 Å². The van der Waals surface area contributed by atoms with Crippen LogP contribution >= 0.6 is 0 Å². The molecule has 0 aromatic heterocycles. The number of hydrogen-bond acceptors (Lipinski definition) is 4. The van der Waals surface area contributed by atoms with Gasteiger partial charge in [-0.15, -0.1) is 0 Å². The van der Waals surface area contributed by atoms with Crippen molar-refractivity contribution in [3.8, 4) is 0 Å². The van der Waals surface area contributed by atoms with E-state index in [0.29, 0.717) is 18.5 Å². The van der Waals surface area contributed by atoms with Gasteiger partial charge in [0.25, 0.3) is 0 Å². The van der Waals surface area contributed by atoms with Gasteiger partial charge < -0.3 is 11.1 Å². The second-order valence-corrected chi connectivity index (χ2v) is 7.78. The van der Waals surface area contributed by atoms with Gasteiger partial charge in [-0.1, -0.05) is 18.9 Å². The van der Waals surface area contributed by atoms with Crippen LogP contribution in [0.15, 0.2) is 29.2 Å². The molecule has 0 aliphatic heterocycles. The molecule has 1 aromatic rings. The zero-order valence-corrected chi connectivity index (χ0v) is 13.1. The topological polar surface area (TPSA) is 92.5 Å². The summed E-state index contributed by atoms with van der Waals surface area (Å²) < 4.78 is 25.3. The van der Waals surface area contributed by atoms with Crippen molar-refractivity contribution < 1.29 is 13.2 Å². The molecule has 21 heavy (non-hydrogen) atoms. The molecule has 0 atom stereocenters. The fourth-order valence-electron chi connectivity index (χ4n) is 2.43. The number of amides is 1. The second-order valence-electron chi connectivity index (χ2n) is 5.63. The maximum absolute atomic E-state index is 12.2. The van der Waals surface area contributed by atoms with Crippen LogP contribution in [0, 0.1) is 0 Å². The van der Waals surface area contributed by atoms with E-state index in [0.717, 1.165) is 17.1 Å². The van der Waals surface area contributed by atoms with E-state index in [9.17, 15) is 13.2 Å². The number of rotatable bonds is 4. The maximum Gasteiger partial charge on any atom is 0.244 e. The Labute approximate surface area is 125 Å². The highest BCUT2D eigenvalue weighted by Gasteiger charge is 2.37. The summed E-state index contributed by atoms with van der Waals surface area (Å²) in [6.45, 7) is 0. The molecule has 0 radical (unpaired) electrons. The Kier molecular flexibility index (Phi) is 4.36. The summed E-state index contributed by atoms with van der Waals surface area (Å²) in [6, 6.07) is 6.21. The predicted molar refractivity (Wildman–Crippen MR) is 81.3 cm³/mol. The van der Waals surface area contributed by atoms with Crippen LogP contribution in [0.2, 0.25) is 0 Å². The van der Waals surface area contributed by atoms with Crippen molar-refractivity contribution in [1.82, 2.24) is 4.31 Å². The van der Waals surface area contributed by atoms with E-state index < -0.39 is 15.6 Å². The molecule has 1 amide bonds. The lowest BCUT2D eigenvalue weighted by atomic mass is 9.98. The number of hydrogen-bond donors (Lipinski definition) is 2. The van der Waals surface area contributed by atoms with Crippen LogP contribution in [-0.4, -0.2) is 38.3 Å². The molecule has 1 fully saturated rings. The lowest BCUT2D eigenvalue weighted by Gasteiger charge is -2.22. The summed E-state index contributed by atoms with van der Waals surface area (Å²) in [5.74, 6) is -0.251. The molecule has 6 nitrogen and oxygen atoms in total. The van der Waals surface area contributed by atoms with Gasteiger partial charge in [0.05, 0.1) is 10.4 Å². The van der Waals surface area contributed by atoms with E-state index in [4.69, 9.17) is 5.73 Å². The SMILES string of the molecule is CN(C)S(=O)(=O)c1cccc(NC(=O)C2(N)CCCC2)c1. The zero-order chi connectivity index (χ0) is 15.7. The van der Waals surface area contributed by atoms with Crippen molar-refractivity contribution in [3.63, 3.8) is 0 Å². The quantitative estimate of drug-likeness (QED) is 0.872. The first-order valence-electron chi connectivity index (χ1n) is 6.89. The number of sulfonamides is 1. The van der Waals surface area contributed by atoms with Crippen LogP contribution < -0.4 is 11.1 Å². The third-order valence-electron chi connectivity index (χ3n) is 3.82. The van der Waals surface area contributed by atoms with Gasteiger partial charge in [-0.05, 0) is 31.0 Å². The Balaban J connectivity index is 2.21. The summed E-state index contributed by atoms with van der Waals surface area (Å²) in [6.07, 6.45) is 3.21. The molecule has 1 aliphatic carbocycles. The van der Waals surface area contributed by atoms with Gasteiger partial charge in [0, 0.05) is 19.8 Å². The highest BCUT2D eigenvalue weighted by atomic mass is 32.2. The van der Waals surface area contributed by atoms with Gasteiger partial charge in [-0.25, -0.2) is 12.7 Å². The molecule has 2 rings (SSSR count). The fraction of sp³-hybridized carbons (Fsp3) is 0.500. The van der Waals surface area contributed by atoms with Crippen molar-refractivity contribution in [2.24, 2.45) is 5.73 Å². The molecule has 0 saturated heterocycles. The zero-order valence-electron chi connectivity index (χ0n) is 12.3. The number of carbonyl (C=O) groups is 1. The lowest BCUT2D eigenvalue weighted by Crippen LogP contribution is -2.48. The first-order valence-corrected chi connectivity index (χ1v) is 8.33. The van der Waals surface area contributed by atoms with E-state index in [1.54, 1.807) is 12.1 Å². The predicted octanol–water partition coefficient (Wildman–Crippen LogP) is 1.15. The number of carbonyl (C=O) groups excluding carboxylic acids is 1. The van der Waals surface area contributed by atoms with E-state index in [2.05, 4.69) is 5.32 Å². The van der Waals surface area contributed by atoms with Crippen molar-refractivity contribution in [2.75, 3.05) is 19.4 Å². The Morgan fingerprint density at radius 1 is 1.29 bits per heavy atom. The molecular weight excluding hydrogens is 290 g/mol. The standard InChI is InChI=1S/C14H21N3O3S/c1-17(2)21(19,20)12-7-5-6-11(10-12)16-13(18)14(15)8-3-4-9-14/h5-7,10H,3-4,8-9,15H2,1-2H3,(H,16,18). The average molecular weight is 311 g/mol. The molecule has 116 valence electrons. The van der Waals surface area contributed by atoms with Crippen LogP contribution in [0.25, 0.3) is 0 Å². The molecule has 7 heteroatoms. The molecule has 3 N–H and O–H groups in total. The molecule has 0 spiro atoms. The maximum atomic E-state index is 12.2. The second kappa shape index (κ2) is 5.75. The Morgan fingerprint density at radius 3 is 2.48 bits per heavy atom. The van der Waals surface area contributed by atoms with Gasteiger partial charge in [0.1, 0.15) is 0 Å². The first-order chi connectivity index (χ1) is 9.75. The van der Waals surface area contributed by atoms with Crippen molar-refractivity contribution in [1.29, 1.82) is 0 Å². The molecule has 1 saturated carbocycles. The minimum Gasteiger partial charge on any atom is -0.324 e. The van der Waals surface area contributed by atoms with Crippen LogP contribution in [0.1, 0.15) is 25.7 Å². The largest absolute Gasteiger partial charge is 0.324 e. The third-order valence-corrected chi connectivity index (χ3v) is 5.63. The fourth-order valence-corrected chi connectivity index (χ4v) is 3.38. The average Bonchev–Trinajstić information content (AvgIpc) is 2.87. The van der Waals surface area contributed by atoms with Crippen LogP contribution in [-0.2, 0) is 14.8 Å². The smallest absolute Gasteiger partial charge is 0.244 e. The molecule has 1 aliphatic rings. The molecule has 0 heterocycles. The van der Waals surface area contributed by atoms with Crippen LogP contribution in [0.3, 0.4) is 0 Å². The van der Waals surface area contributed by atoms with E-state index in [1.165, 1.54) is 26.2 Å². The lowest BCUT2D eigenvalue weighted by molar-refractivity contribution is -0.121. The van der Waals surface area contributed by atoms with Gasteiger partial charge in [-0.3, -0.25) is 4.79 Å². The van der Waals surface area contributed by atoms with Gasteiger partial charge in [0.2, 0.25) is 15.9 Å². The first kappa shape index (κ1) is 15.9. The minimum atomic E-state index is -3.52. The number of nitrogens with zero attached hydrogens (tertiary/aromatic N) is 1. The summed E-state index contributed by atoms with van der Waals surface area (Å²) in [4.78, 5) is 12.4.